The van der Waals surface area contributed by atoms with Gasteiger partial charge < -0.3 is 19.5 Å². The minimum atomic E-state index is -0.575. The van der Waals surface area contributed by atoms with Crippen molar-refractivity contribution in [1.29, 1.82) is 0 Å². The van der Waals surface area contributed by atoms with Gasteiger partial charge in [0.2, 0.25) is 0 Å². The molecule has 0 unspecified atom stereocenters. The van der Waals surface area contributed by atoms with Gasteiger partial charge in [0.1, 0.15) is 0 Å². The molecule has 0 heterocycles. The molecule has 6 heteroatoms. The number of halogens is 1. The van der Waals surface area contributed by atoms with Crippen LogP contribution in [0.4, 0.5) is 4.39 Å². The van der Waals surface area contributed by atoms with Crippen molar-refractivity contribution in [2.45, 2.75) is 19.4 Å². The topological polar surface area (TPSA) is 56.8 Å². The van der Waals surface area contributed by atoms with Crippen molar-refractivity contribution in [3.8, 4) is 17.2 Å². The standard InChI is InChI=1S/C19H22FNO4/c1-5-15(12-6-9-17(24-3)18(11-12)25-4)21-19(22)13-7-8-16(23-2)14(20)10-13/h6-11,15H,5H2,1-4H3,(H,21,22)/t15-/m1/s1. The molecule has 2 aromatic carbocycles. The minimum absolute atomic E-state index is 0.100. The Kier molecular flexibility index (Phi) is 6.22. The predicted molar refractivity (Wildman–Crippen MR) is 93.0 cm³/mol. The van der Waals surface area contributed by atoms with Gasteiger partial charge in [-0.15, -0.1) is 0 Å². The van der Waals surface area contributed by atoms with E-state index >= 15 is 0 Å². The monoisotopic (exact) mass is 347 g/mol. The van der Waals surface area contributed by atoms with Crippen LogP contribution in [0.1, 0.15) is 35.3 Å². The first-order valence-electron chi connectivity index (χ1n) is 7.90. The van der Waals surface area contributed by atoms with Crippen LogP contribution in [0, 0.1) is 5.82 Å². The van der Waals surface area contributed by atoms with Gasteiger partial charge in [-0.1, -0.05) is 13.0 Å². The summed E-state index contributed by atoms with van der Waals surface area (Å²) in [7, 11) is 4.50. The van der Waals surface area contributed by atoms with E-state index in [0.717, 1.165) is 11.6 Å². The van der Waals surface area contributed by atoms with Crippen LogP contribution in [0.15, 0.2) is 36.4 Å². The molecular formula is C19H22FNO4. The van der Waals surface area contributed by atoms with E-state index in [2.05, 4.69) is 5.32 Å². The number of ether oxygens (including phenoxy) is 3. The summed E-state index contributed by atoms with van der Waals surface area (Å²) in [5.74, 6) is 0.369. The zero-order valence-electron chi connectivity index (χ0n) is 14.8. The highest BCUT2D eigenvalue weighted by Crippen LogP contribution is 2.31. The van der Waals surface area contributed by atoms with Gasteiger partial charge in [0, 0.05) is 5.56 Å². The lowest BCUT2D eigenvalue weighted by atomic mass is 10.0. The Morgan fingerprint density at radius 2 is 1.64 bits per heavy atom. The Balaban J connectivity index is 2.21. The van der Waals surface area contributed by atoms with Gasteiger partial charge >= 0.3 is 0 Å². The summed E-state index contributed by atoms with van der Waals surface area (Å²) in [6, 6.07) is 9.36. The molecule has 0 aliphatic heterocycles. The molecule has 0 saturated carbocycles. The van der Waals surface area contributed by atoms with Crippen molar-refractivity contribution in [3.63, 3.8) is 0 Å². The summed E-state index contributed by atoms with van der Waals surface area (Å²) in [6.07, 6.45) is 0.667. The van der Waals surface area contributed by atoms with Gasteiger partial charge in [-0.2, -0.15) is 0 Å². The van der Waals surface area contributed by atoms with E-state index in [9.17, 15) is 9.18 Å². The second-order valence-electron chi connectivity index (χ2n) is 5.40. The highest BCUT2D eigenvalue weighted by atomic mass is 19.1. The van der Waals surface area contributed by atoms with Gasteiger partial charge in [0.05, 0.1) is 27.4 Å². The molecule has 0 bridgehead atoms. The second kappa shape index (κ2) is 8.37. The van der Waals surface area contributed by atoms with Crippen LogP contribution in [0.5, 0.6) is 17.2 Å². The molecule has 0 saturated heterocycles. The van der Waals surface area contributed by atoms with Crippen LogP contribution in [0.3, 0.4) is 0 Å². The van der Waals surface area contributed by atoms with Crippen LogP contribution in [-0.2, 0) is 0 Å². The number of rotatable bonds is 7. The SMILES string of the molecule is CC[C@@H](NC(=O)c1ccc(OC)c(F)c1)c1ccc(OC)c(OC)c1. The van der Waals surface area contributed by atoms with E-state index in [4.69, 9.17) is 14.2 Å². The number of hydrogen-bond acceptors (Lipinski definition) is 4. The highest BCUT2D eigenvalue weighted by Gasteiger charge is 2.17. The van der Waals surface area contributed by atoms with Gasteiger partial charge in [-0.3, -0.25) is 4.79 Å². The molecule has 5 nitrogen and oxygen atoms in total. The fraction of sp³-hybridized carbons (Fsp3) is 0.316. The molecule has 0 aliphatic rings. The van der Waals surface area contributed by atoms with Crippen molar-refractivity contribution in [3.05, 3.63) is 53.3 Å². The number of carbonyl (C=O) groups excluding carboxylic acids is 1. The maximum Gasteiger partial charge on any atom is 0.251 e. The Labute approximate surface area is 146 Å². The normalized spacial score (nSPS) is 11.6. The number of benzene rings is 2. The molecular weight excluding hydrogens is 325 g/mol. The highest BCUT2D eigenvalue weighted by molar-refractivity contribution is 5.94. The Morgan fingerprint density at radius 1 is 1.00 bits per heavy atom. The third-order valence-corrected chi connectivity index (χ3v) is 3.94. The average molecular weight is 347 g/mol. The number of carbonyl (C=O) groups is 1. The van der Waals surface area contributed by atoms with Crippen LogP contribution in [-0.4, -0.2) is 27.2 Å². The predicted octanol–water partition coefficient (Wildman–Crippen LogP) is 3.73. The van der Waals surface area contributed by atoms with E-state index in [1.807, 2.05) is 19.1 Å². The van der Waals surface area contributed by atoms with E-state index in [1.54, 1.807) is 20.3 Å². The molecule has 0 aromatic heterocycles. The summed E-state index contributed by atoms with van der Waals surface area (Å²) < 4.78 is 29.2. The first-order chi connectivity index (χ1) is 12.0. The minimum Gasteiger partial charge on any atom is -0.494 e. The number of amides is 1. The van der Waals surface area contributed by atoms with Gasteiger partial charge in [-0.25, -0.2) is 4.39 Å². The zero-order valence-corrected chi connectivity index (χ0v) is 14.8. The molecule has 0 fully saturated rings. The molecule has 0 aliphatic carbocycles. The third-order valence-electron chi connectivity index (χ3n) is 3.94. The van der Waals surface area contributed by atoms with Crippen LogP contribution in [0.2, 0.25) is 0 Å². The summed E-state index contributed by atoms with van der Waals surface area (Å²) in [5.41, 5.74) is 1.11. The summed E-state index contributed by atoms with van der Waals surface area (Å²) >= 11 is 0. The molecule has 134 valence electrons. The lowest BCUT2D eigenvalue weighted by Gasteiger charge is -2.19. The smallest absolute Gasteiger partial charge is 0.251 e. The van der Waals surface area contributed by atoms with Crippen molar-refractivity contribution in [2.75, 3.05) is 21.3 Å². The van der Waals surface area contributed by atoms with Crippen molar-refractivity contribution < 1.29 is 23.4 Å². The quantitative estimate of drug-likeness (QED) is 0.829. The van der Waals surface area contributed by atoms with Crippen molar-refractivity contribution >= 4 is 5.91 Å². The van der Waals surface area contributed by atoms with E-state index in [1.165, 1.54) is 19.2 Å². The van der Waals surface area contributed by atoms with Gasteiger partial charge in [0.15, 0.2) is 23.1 Å². The molecule has 0 radical (unpaired) electrons. The Bertz CT molecular complexity index is 748. The fourth-order valence-electron chi connectivity index (χ4n) is 2.54. The number of hydrogen-bond donors (Lipinski definition) is 1. The van der Waals surface area contributed by atoms with Crippen molar-refractivity contribution in [2.24, 2.45) is 0 Å². The van der Waals surface area contributed by atoms with Crippen LogP contribution >= 0.6 is 0 Å². The molecule has 1 atom stereocenters. The number of methoxy groups -OCH3 is 3. The van der Waals surface area contributed by atoms with Crippen LogP contribution < -0.4 is 19.5 Å². The van der Waals surface area contributed by atoms with E-state index < -0.39 is 5.82 Å². The van der Waals surface area contributed by atoms with Gasteiger partial charge in [0.25, 0.3) is 5.91 Å². The van der Waals surface area contributed by atoms with Crippen LogP contribution in [0.25, 0.3) is 0 Å². The second-order valence-corrected chi connectivity index (χ2v) is 5.40. The fourth-order valence-corrected chi connectivity index (χ4v) is 2.54. The summed E-state index contributed by atoms with van der Waals surface area (Å²) in [4.78, 5) is 12.4. The van der Waals surface area contributed by atoms with E-state index in [0.29, 0.717) is 17.9 Å². The van der Waals surface area contributed by atoms with E-state index in [-0.39, 0.29) is 23.3 Å². The lowest BCUT2D eigenvalue weighted by molar-refractivity contribution is 0.0935. The van der Waals surface area contributed by atoms with Crippen molar-refractivity contribution in [1.82, 2.24) is 5.32 Å². The molecule has 25 heavy (non-hydrogen) atoms. The molecule has 1 N–H and O–H groups in total. The molecule has 0 spiro atoms. The maximum absolute atomic E-state index is 13.8. The summed E-state index contributed by atoms with van der Waals surface area (Å²) in [5, 5.41) is 2.91. The third kappa shape index (κ3) is 4.21. The molecule has 1 amide bonds. The largest absolute Gasteiger partial charge is 0.494 e. The maximum atomic E-state index is 13.8. The zero-order chi connectivity index (χ0) is 18.4. The Morgan fingerprint density at radius 3 is 2.20 bits per heavy atom. The number of nitrogens with one attached hydrogen (secondary N) is 1. The van der Waals surface area contributed by atoms with Gasteiger partial charge in [-0.05, 0) is 42.3 Å². The Hall–Kier alpha value is -2.76. The molecule has 2 aromatic rings. The first-order valence-corrected chi connectivity index (χ1v) is 7.90. The molecule has 2 rings (SSSR count). The lowest BCUT2D eigenvalue weighted by Crippen LogP contribution is -2.28. The summed E-state index contributed by atoms with van der Waals surface area (Å²) in [6.45, 7) is 1.95. The average Bonchev–Trinajstić information content (AvgIpc) is 2.65. The first kappa shape index (κ1) is 18.6.